The van der Waals surface area contributed by atoms with Crippen molar-refractivity contribution in [2.75, 3.05) is 11.1 Å². The average Bonchev–Trinajstić information content (AvgIpc) is 2.11. The molecule has 1 unspecified atom stereocenters. The highest BCUT2D eigenvalue weighted by Crippen LogP contribution is 2.23. The molecule has 0 heterocycles. The molecule has 0 saturated heterocycles. The number of aromatic hydroxyl groups is 1. The summed E-state index contributed by atoms with van der Waals surface area (Å²) >= 11 is 0. The van der Waals surface area contributed by atoms with Gasteiger partial charge in [-0.15, -0.1) is 0 Å². The number of carboxylic acids is 1. The van der Waals surface area contributed by atoms with Crippen molar-refractivity contribution in [3.8, 4) is 5.75 Å². The fraction of sp³-hybridized carbons (Fsp3) is 0.222. The highest BCUT2D eigenvalue weighted by Gasteiger charge is 2.10. The van der Waals surface area contributed by atoms with Crippen LogP contribution in [0.2, 0.25) is 0 Å². The summed E-state index contributed by atoms with van der Waals surface area (Å²) in [6.07, 6.45) is 0. The van der Waals surface area contributed by atoms with Gasteiger partial charge >= 0.3 is 5.97 Å². The summed E-state index contributed by atoms with van der Waals surface area (Å²) in [5.74, 6) is -1.02. The number of benzene rings is 1. The van der Waals surface area contributed by atoms with Crippen molar-refractivity contribution in [2.24, 2.45) is 0 Å². The number of aliphatic carboxylic acids is 1. The molecule has 5 N–H and O–H groups in total. The maximum absolute atomic E-state index is 10.5. The molecule has 0 aromatic heterocycles. The molecule has 14 heavy (non-hydrogen) atoms. The van der Waals surface area contributed by atoms with E-state index in [0.29, 0.717) is 5.69 Å². The van der Waals surface area contributed by atoms with Crippen LogP contribution in [-0.4, -0.2) is 22.2 Å². The molecule has 0 aliphatic carbocycles. The predicted octanol–water partition coefficient (Wildman–Crippen LogP) is 0.859. The van der Waals surface area contributed by atoms with Crippen LogP contribution in [0.4, 0.5) is 11.4 Å². The summed E-state index contributed by atoms with van der Waals surface area (Å²) in [5.41, 5.74) is 6.17. The van der Waals surface area contributed by atoms with E-state index >= 15 is 0 Å². The van der Waals surface area contributed by atoms with Crippen LogP contribution >= 0.6 is 0 Å². The number of anilines is 2. The van der Waals surface area contributed by atoms with Gasteiger partial charge in [0.05, 0.1) is 5.69 Å². The second-order valence-electron chi connectivity index (χ2n) is 2.98. The average molecular weight is 196 g/mol. The van der Waals surface area contributed by atoms with E-state index in [-0.39, 0.29) is 11.4 Å². The Balaban J connectivity index is 2.78. The minimum absolute atomic E-state index is 0.0624. The van der Waals surface area contributed by atoms with Gasteiger partial charge in [0.15, 0.2) is 0 Å². The van der Waals surface area contributed by atoms with Crippen LogP contribution in [0, 0.1) is 0 Å². The Morgan fingerprint density at radius 3 is 2.71 bits per heavy atom. The topological polar surface area (TPSA) is 95.6 Å². The fourth-order valence-corrected chi connectivity index (χ4v) is 0.945. The SMILES string of the molecule is CC(Nc1ccc(N)c(O)c1)C(=O)O. The molecule has 0 aliphatic heterocycles. The van der Waals surface area contributed by atoms with E-state index in [4.69, 9.17) is 10.8 Å². The van der Waals surface area contributed by atoms with Crippen LogP contribution < -0.4 is 11.1 Å². The van der Waals surface area contributed by atoms with Crippen molar-refractivity contribution < 1.29 is 15.0 Å². The molecule has 5 nitrogen and oxygen atoms in total. The molecule has 1 aromatic rings. The molecule has 76 valence electrons. The van der Waals surface area contributed by atoms with E-state index in [1.807, 2.05) is 0 Å². The first kappa shape index (κ1) is 10.2. The van der Waals surface area contributed by atoms with E-state index in [1.165, 1.54) is 19.1 Å². The van der Waals surface area contributed by atoms with E-state index in [1.54, 1.807) is 6.07 Å². The number of hydrogen-bond acceptors (Lipinski definition) is 4. The number of nitrogen functional groups attached to an aromatic ring is 1. The molecule has 0 radical (unpaired) electrons. The van der Waals surface area contributed by atoms with Gasteiger partial charge < -0.3 is 21.3 Å². The van der Waals surface area contributed by atoms with Gasteiger partial charge in [0.2, 0.25) is 0 Å². The minimum Gasteiger partial charge on any atom is -0.506 e. The Hall–Kier alpha value is -1.91. The van der Waals surface area contributed by atoms with Gasteiger partial charge in [-0.1, -0.05) is 0 Å². The number of nitrogens with one attached hydrogen (secondary N) is 1. The summed E-state index contributed by atoms with van der Waals surface area (Å²) in [5, 5.41) is 20.6. The third kappa shape index (κ3) is 2.29. The van der Waals surface area contributed by atoms with Crippen molar-refractivity contribution in [3.63, 3.8) is 0 Å². The molecule has 0 spiro atoms. The van der Waals surface area contributed by atoms with Gasteiger partial charge in [0, 0.05) is 11.8 Å². The van der Waals surface area contributed by atoms with Gasteiger partial charge in [-0.2, -0.15) is 0 Å². The number of rotatable bonds is 3. The van der Waals surface area contributed by atoms with E-state index in [9.17, 15) is 9.90 Å². The summed E-state index contributed by atoms with van der Waals surface area (Å²) < 4.78 is 0. The lowest BCUT2D eigenvalue weighted by Crippen LogP contribution is -2.25. The van der Waals surface area contributed by atoms with Crippen molar-refractivity contribution in [1.29, 1.82) is 0 Å². The Morgan fingerprint density at radius 1 is 1.57 bits per heavy atom. The van der Waals surface area contributed by atoms with Crippen LogP contribution in [0.15, 0.2) is 18.2 Å². The summed E-state index contributed by atoms with van der Waals surface area (Å²) in [6, 6.07) is 3.79. The zero-order chi connectivity index (χ0) is 10.7. The Morgan fingerprint density at radius 2 is 2.21 bits per heavy atom. The van der Waals surface area contributed by atoms with E-state index in [2.05, 4.69) is 5.32 Å². The van der Waals surface area contributed by atoms with Crippen molar-refractivity contribution in [3.05, 3.63) is 18.2 Å². The second-order valence-corrected chi connectivity index (χ2v) is 2.98. The molecule has 1 atom stereocenters. The Bertz CT molecular complexity index is 352. The largest absolute Gasteiger partial charge is 0.506 e. The number of phenolic OH excluding ortho intramolecular Hbond substituents is 1. The maximum Gasteiger partial charge on any atom is 0.325 e. The maximum atomic E-state index is 10.5. The number of hydrogen-bond donors (Lipinski definition) is 4. The van der Waals surface area contributed by atoms with Gasteiger partial charge in [0.25, 0.3) is 0 Å². The van der Waals surface area contributed by atoms with Crippen LogP contribution in [0.3, 0.4) is 0 Å². The first-order valence-electron chi connectivity index (χ1n) is 4.08. The molecule has 0 saturated carbocycles. The first-order valence-corrected chi connectivity index (χ1v) is 4.08. The van der Waals surface area contributed by atoms with Crippen molar-refractivity contribution >= 4 is 17.3 Å². The lowest BCUT2D eigenvalue weighted by molar-refractivity contribution is -0.137. The van der Waals surface area contributed by atoms with Gasteiger partial charge in [-0.3, -0.25) is 4.79 Å². The monoisotopic (exact) mass is 196 g/mol. The summed E-state index contributed by atoms with van der Waals surface area (Å²) in [6.45, 7) is 1.51. The van der Waals surface area contributed by atoms with E-state index in [0.717, 1.165) is 0 Å². The highest BCUT2D eigenvalue weighted by atomic mass is 16.4. The van der Waals surface area contributed by atoms with Gasteiger partial charge in [-0.05, 0) is 19.1 Å². The zero-order valence-electron chi connectivity index (χ0n) is 7.69. The first-order chi connectivity index (χ1) is 6.50. The normalized spacial score (nSPS) is 12.1. The number of phenols is 1. The standard InChI is InChI=1S/C9H12N2O3/c1-5(9(13)14)11-6-2-3-7(10)8(12)4-6/h2-5,11-12H,10H2,1H3,(H,13,14). The number of nitrogens with two attached hydrogens (primary N) is 1. The molecule has 0 aliphatic rings. The zero-order valence-corrected chi connectivity index (χ0v) is 7.69. The second kappa shape index (κ2) is 3.87. The molecular weight excluding hydrogens is 184 g/mol. The third-order valence-corrected chi connectivity index (χ3v) is 1.78. The molecule has 0 bridgehead atoms. The fourth-order valence-electron chi connectivity index (χ4n) is 0.945. The quantitative estimate of drug-likeness (QED) is 0.424. The predicted molar refractivity (Wildman–Crippen MR) is 53.2 cm³/mol. The van der Waals surface area contributed by atoms with Crippen LogP contribution in [0.25, 0.3) is 0 Å². The Labute approximate surface area is 81.2 Å². The molecule has 1 rings (SSSR count). The smallest absolute Gasteiger partial charge is 0.325 e. The van der Waals surface area contributed by atoms with Crippen LogP contribution in [0.5, 0.6) is 5.75 Å². The minimum atomic E-state index is -0.957. The van der Waals surface area contributed by atoms with Gasteiger partial charge in [-0.25, -0.2) is 0 Å². The molecule has 5 heteroatoms. The number of carbonyl (C=O) groups is 1. The summed E-state index contributed by atoms with van der Waals surface area (Å²) in [4.78, 5) is 10.5. The molecule has 0 amide bonds. The Kier molecular flexibility index (Phi) is 2.81. The number of carboxylic acid groups (broad SMARTS) is 1. The summed E-state index contributed by atoms with van der Waals surface area (Å²) in [7, 11) is 0. The third-order valence-electron chi connectivity index (χ3n) is 1.78. The van der Waals surface area contributed by atoms with E-state index < -0.39 is 12.0 Å². The lowest BCUT2D eigenvalue weighted by Gasteiger charge is -2.11. The van der Waals surface area contributed by atoms with Crippen molar-refractivity contribution in [1.82, 2.24) is 0 Å². The molecule has 0 fully saturated rings. The van der Waals surface area contributed by atoms with Gasteiger partial charge in [0.1, 0.15) is 11.8 Å². The van der Waals surface area contributed by atoms with Crippen LogP contribution in [-0.2, 0) is 4.79 Å². The lowest BCUT2D eigenvalue weighted by atomic mass is 10.2. The van der Waals surface area contributed by atoms with Crippen LogP contribution in [0.1, 0.15) is 6.92 Å². The highest BCUT2D eigenvalue weighted by molar-refractivity contribution is 5.77. The molecular formula is C9H12N2O3. The van der Waals surface area contributed by atoms with Crippen molar-refractivity contribution in [2.45, 2.75) is 13.0 Å². The molecule has 1 aromatic carbocycles.